The van der Waals surface area contributed by atoms with E-state index in [-0.39, 0.29) is 11.8 Å². The first-order valence-electron chi connectivity index (χ1n) is 6.78. The summed E-state index contributed by atoms with van der Waals surface area (Å²) in [5.41, 5.74) is 11.7. The maximum Gasteiger partial charge on any atom is 0.229 e. The Morgan fingerprint density at radius 1 is 1.48 bits per heavy atom. The summed E-state index contributed by atoms with van der Waals surface area (Å²) in [4.78, 5) is 21.3. The van der Waals surface area contributed by atoms with Crippen LogP contribution in [0.15, 0.2) is 17.2 Å². The first kappa shape index (κ1) is 13.9. The minimum atomic E-state index is 0.0579. The summed E-state index contributed by atoms with van der Waals surface area (Å²) in [6.07, 6.45) is 0.424. The van der Waals surface area contributed by atoms with E-state index in [0.717, 1.165) is 20.9 Å². The van der Waals surface area contributed by atoms with Crippen LogP contribution in [0, 0.1) is 19.8 Å². The highest BCUT2D eigenvalue weighted by atomic mass is 32.1. The number of hydrogen-bond acceptors (Lipinski definition) is 4. The topological polar surface area (TPSA) is 82.0 Å². The lowest BCUT2D eigenvalue weighted by Gasteiger charge is -2.11. The van der Waals surface area contributed by atoms with Crippen LogP contribution in [0.3, 0.4) is 0 Å². The Morgan fingerprint density at radius 2 is 2.24 bits per heavy atom. The van der Waals surface area contributed by atoms with Gasteiger partial charge < -0.3 is 0 Å². The summed E-state index contributed by atoms with van der Waals surface area (Å²) >= 11 is 1.56. The van der Waals surface area contributed by atoms with Gasteiger partial charge in [-0.3, -0.25) is 9.69 Å². The SMILES string of the molecule is Cc1ccc(C)c2sc(N3CC(CN=[N+]=[N-])CC3=O)nc12. The van der Waals surface area contributed by atoms with E-state index in [1.807, 2.05) is 6.92 Å². The van der Waals surface area contributed by atoms with Crippen molar-refractivity contribution in [3.05, 3.63) is 33.7 Å². The Kier molecular flexibility index (Phi) is 3.53. The van der Waals surface area contributed by atoms with E-state index in [1.165, 1.54) is 5.56 Å². The van der Waals surface area contributed by atoms with Gasteiger partial charge in [-0.25, -0.2) is 4.98 Å². The van der Waals surface area contributed by atoms with E-state index in [2.05, 4.69) is 34.1 Å². The largest absolute Gasteiger partial charge is 0.288 e. The fraction of sp³-hybridized carbons (Fsp3) is 0.429. The van der Waals surface area contributed by atoms with Crippen molar-refractivity contribution in [1.29, 1.82) is 0 Å². The molecule has 0 spiro atoms. The summed E-state index contributed by atoms with van der Waals surface area (Å²) in [6.45, 7) is 5.03. The van der Waals surface area contributed by atoms with Crippen molar-refractivity contribution >= 4 is 32.6 Å². The second-order valence-corrected chi connectivity index (χ2v) is 6.34. The van der Waals surface area contributed by atoms with Gasteiger partial charge in [-0.1, -0.05) is 28.6 Å². The molecule has 1 aromatic heterocycles. The van der Waals surface area contributed by atoms with Gasteiger partial charge in [0.1, 0.15) is 0 Å². The van der Waals surface area contributed by atoms with Crippen LogP contribution < -0.4 is 4.90 Å². The number of carbonyl (C=O) groups excluding carboxylic acids is 1. The van der Waals surface area contributed by atoms with Gasteiger partial charge in [0.15, 0.2) is 5.13 Å². The zero-order valence-electron chi connectivity index (χ0n) is 11.9. The zero-order valence-corrected chi connectivity index (χ0v) is 12.7. The molecular formula is C14H15N5OS. The molecule has 3 rings (SSSR count). The first-order chi connectivity index (χ1) is 10.1. The van der Waals surface area contributed by atoms with Crippen molar-refractivity contribution < 1.29 is 4.79 Å². The Morgan fingerprint density at radius 3 is 2.95 bits per heavy atom. The lowest BCUT2D eigenvalue weighted by atomic mass is 10.1. The van der Waals surface area contributed by atoms with Crippen molar-refractivity contribution in [3.8, 4) is 0 Å². The number of fused-ring (bicyclic) bond motifs is 1. The van der Waals surface area contributed by atoms with Crippen LogP contribution in [0.25, 0.3) is 20.7 Å². The molecule has 1 fully saturated rings. The van der Waals surface area contributed by atoms with Gasteiger partial charge in [0, 0.05) is 24.4 Å². The average molecular weight is 301 g/mol. The van der Waals surface area contributed by atoms with Crippen LogP contribution in [0.1, 0.15) is 17.5 Å². The molecule has 2 heterocycles. The predicted molar refractivity (Wildman–Crippen MR) is 83.6 cm³/mol. The highest BCUT2D eigenvalue weighted by Crippen LogP contribution is 2.35. The molecule has 1 atom stereocenters. The molecule has 1 aliphatic heterocycles. The molecule has 1 aromatic carbocycles. The highest BCUT2D eigenvalue weighted by molar-refractivity contribution is 7.22. The van der Waals surface area contributed by atoms with Crippen LogP contribution in [0.2, 0.25) is 0 Å². The fourth-order valence-corrected chi connectivity index (χ4v) is 3.74. The van der Waals surface area contributed by atoms with E-state index in [0.29, 0.717) is 19.5 Å². The molecule has 1 amide bonds. The average Bonchev–Trinajstić information content (AvgIpc) is 3.05. The van der Waals surface area contributed by atoms with Crippen LogP contribution in [-0.2, 0) is 4.79 Å². The van der Waals surface area contributed by atoms with Gasteiger partial charge in [0.25, 0.3) is 0 Å². The minimum absolute atomic E-state index is 0.0579. The summed E-state index contributed by atoms with van der Waals surface area (Å²) in [5.74, 6) is 0.144. The maximum atomic E-state index is 12.2. The number of benzene rings is 1. The molecule has 2 aromatic rings. The molecule has 0 aliphatic carbocycles. The molecular weight excluding hydrogens is 286 g/mol. The molecule has 108 valence electrons. The molecule has 1 aliphatic rings. The standard InChI is InChI=1S/C14H15N5OS/c1-8-3-4-9(2)13-12(8)17-14(21-13)19-7-10(5-11(19)20)6-16-18-15/h3-4,10H,5-7H2,1-2H3. The predicted octanol–water partition coefficient (Wildman–Crippen LogP) is 3.58. The quantitative estimate of drug-likeness (QED) is 0.493. The number of thiazole rings is 1. The number of rotatable bonds is 3. The number of nitrogens with zero attached hydrogens (tertiary/aromatic N) is 5. The van der Waals surface area contributed by atoms with Crippen LogP contribution in [0.4, 0.5) is 5.13 Å². The van der Waals surface area contributed by atoms with Crippen LogP contribution in [-0.4, -0.2) is 24.0 Å². The first-order valence-corrected chi connectivity index (χ1v) is 7.59. The van der Waals surface area contributed by atoms with Crippen LogP contribution in [0.5, 0.6) is 0 Å². The molecule has 0 bridgehead atoms. The van der Waals surface area contributed by atoms with Gasteiger partial charge in [-0.15, -0.1) is 0 Å². The van der Waals surface area contributed by atoms with Gasteiger partial charge in [-0.05, 0) is 36.4 Å². The molecule has 7 heteroatoms. The summed E-state index contributed by atoms with van der Waals surface area (Å²) in [5, 5.41) is 4.32. The normalized spacial score (nSPS) is 18.3. The number of carbonyl (C=O) groups is 1. The Labute approximate surface area is 126 Å². The van der Waals surface area contributed by atoms with E-state index in [9.17, 15) is 4.79 Å². The smallest absolute Gasteiger partial charge is 0.229 e. The van der Waals surface area contributed by atoms with E-state index in [1.54, 1.807) is 16.2 Å². The minimum Gasteiger partial charge on any atom is -0.288 e. The van der Waals surface area contributed by atoms with Gasteiger partial charge in [-0.2, -0.15) is 0 Å². The van der Waals surface area contributed by atoms with Crippen molar-refractivity contribution in [1.82, 2.24) is 4.98 Å². The van der Waals surface area contributed by atoms with E-state index >= 15 is 0 Å². The molecule has 0 saturated carbocycles. The molecule has 0 radical (unpaired) electrons. The number of aryl methyl sites for hydroxylation is 2. The third-order valence-electron chi connectivity index (χ3n) is 3.77. The number of hydrogen-bond donors (Lipinski definition) is 0. The van der Waals surface area contributed by atoms with Gasteiger partial charge in [0.05, 0.1) is 10.2 Å². The van der Waals surface area contributed by atoms with Gasteiger partial charge >= 0.3 is 0 Å². The second kappa shape index (κ2) is 5.35. The van der Waals surface area contributed by atoms with E-state index in [4.69, 9.17) is 5.53 Å². The third kappa shape index (κ3) is 2.46. The van der Waals surface area contributed by atoms with Crippen molar-refractivity contribution in [2.24, 2.45) is 11.0 Å². The zero-order chi connectivity index (χ0) is 15.0. The third-order valence-corrected chi connectivity index (χ3v) is 4.98. The highest BCUT2D eigenvalue weighted by Gasteiger charge is 2.32. The number of aromatic nitrogens is 1. The van der Waals surface area contributed by atoms with Crippen LogP contribution >= 0.6 is 11.3 Å². The molecule has 1 unspecified atom stereocenters. The second-order valence-electron chi connectivity index (χ2n) is 5.36. The van der Waals surface area contributed by atoms with Crippen molar-refractivity contribution in [3.63, 3.8) is 0 Å². The number of amides is 1. The lowest BCUT2D eigenvalue weighted by molar-refractivity contribution is -0.117. The maximum absolute atomic E-state index is 12.2. The number of anilines is 1. The Hall–Kier alpha value is -2.11. The summed E-state index contributed by atoms with van der Waals surface area (Å²) in [6, 6.07) is 4.13. The fourth-order valence-electron chi connectivity index (χ4n) is 2.60. The summed E-state index contributed by atoms with van der Waals surface area (Å²) in [7, 11) is 0. The monoisotopic (exact) mass is 301 g/mol. The number of azide groups is 1. The van der Waals surface area contributed by atoms with Crippen molar-refractivity contribution in [2.45, 2.75) is 20.3 Å². The molecule has 6 nitrogen and oxygen atoms in total. The summed E-state index contributed by atoms with van der Waals surface area (Å²) < 4.78 is 1.14. The lowest BCUT2D eigenvalue weighted by Crippen LogP contribution is -2.24. The van der Waals surface area contributed by atoms with Crippen molar-refractivity contribution in [2.75, 3.05) is 18.0 Å². The van der Waals surface area contributed by atoms with E-state index < -0.39 is 0 Å². The molecule has 0 N–H and O–H groups in total. The Balaban J connectivity index is 1.94. The van der Waals surface area contributed by atoms with Gasteiger partial charge in [0.2, 0.25) is 5.91 Å². The molecule has 21 heavy (non-hydrogen) atoms. The molecule has 1 saturated heterocycles. The Bertz CT molecular complexity index is 723.